The van der Waals surface area contributed by atoms with E-state index in [1.165, 1.54) is 5.56 Å². The Labute approximate surface area is 186 Å². The highest BCUT2D eigenvalue weighted by Gasteiger charge is 2.40. The number of carbonyl (C=O) groups excluding carboxylic acids is 2. The predicted molar refractivity (Wildman–Crippen MR) is 123 cm³/mol. The van der Waals surface area contributed by atoms with Crippen molar-refractivity contribution in [3.8, 4) is 0 Å². The van der Waals surface area contributed by atoms with Crippen LogP contribution in [0.2, 0.25) is 0 Å². The van der Waals surface area contributed by atoms with Crippen molar-refractivity contribution in [1.82, 2.24) is 5.32 Å². The van der Waals surface area contributed by atoms with Crippen molar-refractivity contribution in [3.63, 3.8) is 0 Å². The van der Waals surface area contributed by atoms with E-state index < -0.39 is 5.60 Å². The van der Waals surface area contributed by atoms with Crippen LogP contribution in [0.5, 0.6) is 0 Å². The molecule has 0 heterocycles. The van der Waals surface area contributed by atoms with Crippen LogP contribution in [-0.2, 0) is 16.0 Å². The van der Waals surface area contributed by atoms with Gasteiger partial charge in [-0.2, -0.15) is 0 Å². The fourth-order valence-corrected chi connectivity index (χ4v) is 3.59. The molecule has 3 rings (SSSR count). The van der Waals surface area contributed by atoms with Gasteiger partial charge in [-0.1, -0.05) is 40.2 Å². The van der Waals surface area contributed by atoms with Gasteiger partial charge in [-0.25, -0.2) is 4.79 Å². The standard InChI is InChI=1S/C24H29BrN2O3/c1-24(2,3)30-23(29)27-21-15-20(21)17-9-13-19(14-10-17)26-22(28)6-4-5-16-7-11-18(25)12-8-16/h7-14,20-21H,4-6,15H2,1-3H3,(H,26,28)(H,27,29). The van der Waals surface area contributed by atoms with E-state index in [4.69, 9.17) is 4.74 Å². The first-order chi connectivity index (χ1) is 14.2. The summed E-state index contributed by atoms with van der Waals surface area (Å²) in [5.41, 5.74) is 2.69. The smallest absolute Gasteiger partial charge is 0.407 e. The van der Waals surface area contributed by atoms with Gasteiger partial charge in [0.25, 0.3) is 0 Å². The van der Waals surface area contributed by atoms with Crippen molar-refractivity contribution < 1.29 is 14.3 Å². The molecule has 2 aromatic carbocycles. The summed E-state index contributed by atoms with van der Waals surface area (Å²) in [4.78, 5) is 24.1. The van der Waals surface area contributed by atoms with Crippen LogP contribution in [0.15, 0.2) is 53.0 Å². The Morgan fingerprint density at radius 1 is 1.07 bits per heavy atom. The van der Waals surface area contributed by atoms with Gasteiger partial charge in [0.2, 0.25) is 5.91 Å². The Kier molecular flexibility index (Phi) is 7.19. The monoisotopic (exact) mass is 472 g/mol. The number of benzene rings is 2. The first kappa shape index (κ1) is 22.3. The van der Waals surface area contributed by atoms with Crippen LogP contribution in [0.1, 0.15) is 57.1 Å². The molecule has 1 fully saturated rings. The molecule has 0 saturated heterocycles. The minimum absolute atomic E-state index is 0.0238. The van der Waals surface area contributed by atoms with Crippen molar-refractivity contribution in [2.75, 3.05) is 5.32 Å². The lowest BCUT2D eigenvalue weighted by Gasteiger charge is -2.19. The van der Waals surface area contributed by atoms with Gasteiger partial charge in [-0.3, -0.25) is 4.79 Å². The molecule has 0 aliphatic heterocycles. The highest BCUT2D eigenvalue weighted by Crippen LogP contribution is 2.41. The van der Waals surface area contributed by atoms with Crippen molar-refractivity contribution in [2.24, 2.45) is 0 Å². The maximum Gasteiger partial charge on any atom is 0.407 e. The number of aryl methyl sites for hydroxylation is 1. The number of rotatable bonds is 7. The summed E-state index contributed by atoms with van der Waals surface area (Å²) in [6.45, 7) is 5.56. The highest BCUT2D eigenvalue weighted by atomic mass is 79.9. The Morgan fingerprint density at radius 2 is 1.73 bits per heavy atom. The van der Waals surface area contributed by atoms with E-state index >= 15 is 0 Å². The third-order valence-corrected chi connectivity index (χ3v) is 5.43. The normalized spacial score (nSPS) is 17.9. The number of halogens is 1. The maximum atomic E-state index is 12.2. The van der Waals surface area contributed by atoms with E-state index in [0.717, 1.165) is 35.0 Å². The number of nitrogens with one attached hydrogen (secondary N) is 2. The molecule has 1 aliphatic carbocycles. The van der Waals surface area contributed by atoms with Gasteiger partial charge < -0.3 is 15.4 Å². The highest BCUT2D eigenvalue weighted by molar-refractivity contribution is 9.10. The molecule has 1 aliphatic rings. The third kappa shape index (κ3) is 7.17. The zero-order valence-corrected chi connectivity index (χ0v) is 19.3. The molecule has 160 valence electrons. The molecule has 2 unspecified atom stereocenters. The first-order valence-corrected chi connectivity index (χ1v) is 11.1. The summed E-state index contributed by atoms with van der Waals surface area (Å²) in [5, 5.41) is 5.87. The van der Waals surface area contributed by atoms with E-state index in [9.17, 15) is 9.59 Å². The second-order valence-electron chi connectivity index (χ2n) is 8.75. The van der Waals surface area contributed by atoms with E-state index in [2.05, 4.69) is 38.7 Å². The molecule has 5 nitrogen and oxygen atoms in total. The van der Waals surface area contributed by atoms with Crippen LogP contribution < -0.4 is 10.6 Å². The lowest BCUT2D eigenvalue weighted by Crippen LogP contribution is -2.34. The zero-order valence-electron chi connectivity index (χ0n) is 17.7. The van der Waals surface area contributed by atoms with E-state index in [0.29, 0.717) is 12.3 Å². The van der Waals surface area contributed by atoms with Crippen LogP contribution in [0, 0.1) is 0 Å². The summed E-state index contributed by atoms with van der Waals surface area (Å²) >= 11 is 3.43. The molecule has 0 aromatic heterocycles. The molecule has 30 heavy (non-hydrogen) atoms. The van der Waals surface area contributed by atoms with Crippen LogP contribution in [0.25, 0.3) is 0 Å². The molecule has 0 spiro atoms. The molecule has 6 heteroatoms. The minimum Gasteiger partial charge on any atom is -0.444 e. The number of hydrogen-bond acceptors (Lipinski definition) is 3. The van der Waals surface area contributed by atoms with Crippen LogP contribution in [0.3, 0.4) is 0 Å². The zero-order chi connectivity index (χ0) is 21.7. The molecule has 2 aromatic rings. The van der Waals surface area contributed by atoms with Crippen molar-refractivity contribution in [2.45, 2.75) is 64.0 Å². The average molecular weight is 473 g/mol. The van der Waals surface area contributed by atoms with E-state index in [1.807, 2.05) is 57.2 Å². The number of hydrogen-bond donors (Lipinski definition) is 2. The number of amides is 2. The number of carbonyl (C=O) groups is 2. The van der Waals surface area contributed by atoms with E-state index in [1.54, 1.807) is 0 Å². The van der Waals surface area contributed by atoms with Crippen molar-refractivity contribution in [3.05, 3.63) is 64.1 Å². The number of alkyl carbamates (subject to hydrolysis) is 1. The topological polar surface area (TPSA) is 67.4 Å². The van der Waals surface area contributed by atoms with Gasteiger partial charge in [-0.05, 0) is 75.4 Å². The summed E-state index contributed by atoms with van der Waals surface area (Å²) in [5.74, 6) is 0.323. The van der Waals surface area contributed by atoms with Crippen LogP contribution >= 0.6 is 15.9 Å². The molecule has 0 bridgehead atoms. The molecule has 2 atom stereocenters. The van der Waals surface area contributed by atoms with Crippen molar-refractivity contribution in [1.29, 1.82) is 0 Å². The molecule has 2 amide bonds. The largest absolute Gasteiger partial charge is 0.444 e. The van der Waals surface area contributed by atoms with Crippen molar-refractivity contribution >= 4 is 33.6 Å². The molecule has 0 radical (unpaired) electrons. The Balaban J connectivity index is 1.40. The van der Waals surface area contributed by atoms with Crippen LogP contribution in [0.4, 0.5) is 10.5 Å². The molecular formula is C24H29BrN2O3. The van der Waals surface area contributed by atoms with Gasteiger partial charge in [0.05, 0.1) is 0 Å². The lowest BCUT2D eigenvalue weighted by molar-refractivity contribution is -0.116. The Morgan fingerprint density at radius 3 is 2.37 bits per heavy atom. The second-order valence-corrected chi connectivity index (χ2v) is 9.66. The first-order valence-electron chi connectivity index (χ1n) is 10.3. The Hall–Kier alpha value is -2.34. The molecular weight excluding hydrogens is 444 g/mol. The van der Waals surface area contributed by atoms with E-state index in [-0.39, 0.29) is 18.0 Å². The number of anilines is 1. The summed E-state index contributed by atoms with van der Waals surface area (Å²) in [6.07, 6.45) is 2.71. The quantitative estimate of drug-likeness (QED) is 0.535. The minimum atomic E-state index is -0.493. The predicted octanol–water partition coefficient (Wildman–Crippen LogP) is 5.79. The SMILES string of the molecule is CC(C)(C)OC(=O)NC1CC1c1ccc(NC(=O)CCCc2ccc(Br)cc2)cc1. The third-order valence-electron chi connectivity index (χ3n) is 4.90. The second kappa shape index (κ2) is 9.65. The molecule has 1 saturated carbocycles. The lowest BCUT2D eigenvalue weighted by atomic mass is 10.1. The fraction of sp³-hybridized carbons (Fsp3) is 0.417. The molecule has 2 N–H and O–H groups in total. The maximum absolute atomic E-state index is 12.2. The summed E-state index contributed by atoms with van der Waals surface area (Å²) in [7, 11) is 0. The van der Waals surface area contributed by atoms with Gasteiger partial charge in [0.1, 0.15) is 5.60 Å². The van der Waals surface area contributed by atoms with Gasteiger partial charge >= 0.3 is 6.09 Å². The average Bonchev–Trinajstić information content (AvgIpc) is 3.41. The van der Waals surface area contributed by atoms with Gasteiger partial charge in [0, 0.05) is 28.5 Å². The summed E-state index contributed by atoms with van der Waals surface area (Å²) in [6, 6.07) is 16.2. The fourth-order valence-electron chi connectivity index (χ4n) is 3.32. The summed E-state index contributed by atoms with van der Waals surface area (Å²) < 4.78 is 6.36. The van der Waals surface area contributed by atoms with Gasteiger partial charge in [0.15, 0.2) is 0 Å². The van der Waals surface area contributed by atoms with Crippen LogP contribution in [-0.4, -0.2) is 23.6 Å². The number of ether oxygens (including phenoxy) is 1. The van der Waals surface area contributed by atoms with Gasteiger partial charge in [-0.15, -0.1) is 0 Å². The Bertz CT molecular complexity index is 873.